The number of nitrogen functional groups attached to an aromatic ring is 1. The first kappa shape index (κ1) is 12.9. The largest absolute Gasteiger partial charge is 0.495 e. The summed E-state index contributed by atoms with van der Waals surface area (Å²) in [4.78, 5) is 0. The minimum atomic E-state index is 0.592. The first-order valence-electron chi connectivity index (χ1n) is 6.89. The average Bonchev–Trinajstić information content (AvgIpc) is 3.20. The van der Waals surface area contributed by atoms with E-state index in [4.69, 9.17) is 10.5 Å². The highest BCUT2D eigenvalue weighted by Crippen LogP contribution is 2.37. The van der Waals surface area contributed by atoms with E-state index in [-0.39, 0.29) is 0 Å². The van der Waals surface area contributed by atoms with Crippen molar-refractivity contribution in [2.24, 2.45) is 11.8 Å². The lowest BCUT2D eigenvalue weighted by Gasteiger charge is -2.11. The second-order valence-electron chi connectivity index (χ2n) is 5.46. The molecular formula is C14H19N5O. The first-order valence-corrected chi connectivity index (χ1v) is 6.89. The summed E-state index contributed by atoms with van der Waals surface area (Å²) in [5, 5.41) is 12.0. The molecule has 1 aromatic carbocycles. The summed E-state index contributed by atoms with van der Waals surface area (Å²) in [6.07, 6.45) is 2.65. The van der Waals surface area contributed by atoms with Crippen LogP contribution >= 0.6 is 0 Å². The standard InChI is InChI=1S/C14H19N5O/c1-9(10-3-4-10)8-19-14(16-17-18-19)11-5-6-13(20-2)12(15)7-11/h5-7,9-10H,3-4,8,15H2,1-2H3. The van der Waals surface area contributed by atoms with Gasteiger partial charge in [-0.05, 0) is 53.3 Å². The molecule has 0 aliphatic heterocycles. The third-order valence-corrected chi connectivity index (χ3v) is 3.91. The fraction of sp³-hybridized carbons (Fsp3) is 0.500. The molecule has 1 atom stereocenters. The van der Waals surface area contributed by atoms with E-state index in [1.54, 1.807) is 7.11 Å². The molecule has 0 radical (unpaired) electrons. The van der Waals surface area contributed by atoms with E-state index in [1.165, 1.54) is 12.8 Å². The van der Waals surface area contributed by atoms with Crippen molar-refractivity contribution in [1.82, 2.24) is 20.2 Å². The Kier molecular flexibility index (Phi) is 3.30. The molecule has 2 aromatic rings. The Hall–Kier alpha value is -2.11. The fourth-order valence-corrected chi connectivity index (χ4v) is 2.49. The third-order valence-electron chi connectivity index (χ3n) is 3.91. The van der Waals surface area contributed by atoms with Crippen LogP contribution in [0.15, 0.2) is 18.2 Å². The number of anilines is 1. The molecule has 6 heteroatoms. The van der Waals surface area contributed by atoms with Crippen LogP contribution < -0.4 is 10.5 Å². The molecule has 0 amide bonds. The van der Waals surface area contributed by atoms with Gasteiger partial charge in [0.15, 0.2) is 5.82 Å². The van der Waals surface area contributed by atoms with Gasteiger partial charge in [-0.1, -0.05) is 6.92 Å². The lowest BCUT2D eigenvalue weighted by atomic mass is 10.1. The van der Waals surface area contributed by atoms with Crippen LogP contribution in [0.5, 0.6) is 5.75 Å². The quantitative estimate of drug-likeness (QED) is 0.843. The van der Waals surface area contributed by atoms with Crippen LogP contribution in [0.4, 0.5) is 5.69 Å². The molecule has 106 valence electrons. The molecule has 1 fully saturated rings. The number of ether oxygens (including phenoxy) is 1. The van der Waals surface area contributed by atoms with E-state index in [1.807, 2.05) is 22.9 Å². The van der Waals surface area contributed by atoms with Gasteiger partial charge in [-0.15, -0.1) is 5.10 Å². The maximum absolute atomic E-state index is 5.94. The van der Waals surface area contributed by atoms with Gasteiger partial charge in [0.1, 0.15) is 5.75 Å². The van der Waals surface area contributed by atoms with Gasteiger partial charge < -0.3 is 10.5 Å². The molecule has 0 spiro atoms. The molecule has 0 saturated heterocycles. The van der Waals surface area contributed by atoms with E-state index in [0.29, 0.717) is 17.4 Å². The van der Waals surface area contributed by atoms with Crippen molar-refractivity contribution in [3.63, 3.8) is 0 Å². The smallest absolute Gasteiger partial charge is 0.182 e. The van der Waals surface area contributed by atoms with Crippen LogP contribution in [-0.4, -0.2) is 27.3 Å². The summed E-state index contributed by atoms with van der Waals surface area (Å²) in [5.41, 5.74) is 7.45. The number of aromatic nitrogens is 4. The maximum atomic E-state index is 5.94. The number of nitrogens with two attached hydrogens (primary N) is 1. The molecule has 3 rings (SSSR count). The van der Waals surface area contributed by atoms with Gasteiger partial charge in [0.25, 0.3) is 0 Å². The van der Waals surface area contributed by atoms with Crippen molar-refractivity contribution >= 4 is 5.69 Å². The van der Waals surface area contributed by atoms with Gasteiger partial charge in [0.05, 0.1) is 12.8 Å². The summed E-state index contributed by atoms with van der Waals surface area (Å²) in [6, 6.07) is 5.62. The number of hydrogen-bond acceptors (Lipinski definition) is 5. The molecule has 1 heterocycles. The van der Waals surface area contributed by atoms with Gasteiger partial charge in [-0.3, -0.25) is 0 Å². The summed E-state index contributed by atoms with van der Waals surface area (Å²) in [5.74, 6) is 2.85. The molecule has 6 nitrogen and oxygen atoms in total. The van der Waals surface area contributed by atoms with Crippen molar-refractivity contribution in [2.45, 2.75) is 26.3 Å². The van der Waals surface area contributed by atoms with Crippen LogP contribution in [0, 0.1) is 11.8 Å². The van der Waals surface area contributed by atoms with Gasteiger partial charge in [0.2, 0.25) is 0 Å². The Morgan fingerprint density at radius 1 is 1.45 bits per heavy atom. The van der Waals surface area contributed by atoms with Crippen LogP contribution in [-0.2, 0) is 6.54 Å². The van der Waals surface area contributed by atoms with Crippen molar-refractivity contribution in [3.8, 4) is 17.1 Å². The van der Waals surface area contributed by atoms with E-state index in [2.05, 4.69) is 22.4 Å². The lowest BCUT2D eigenvalue weighted by molar-refractivity contribution is 0.402. The summed E-state index contributed by atoms with van der Waals surface area (Å²) < 4.78 is 7.03. The molecule has 0 bridgehead atoms. The van der Waals surface area contributed by atoms with E-state index >= 15 is 0 Å². The van der Waals surface area contributed by atoms with Crippen LogP contribution in [0.2, 0.25) is 0 Å². The van der Waals surface area contributed by atoms with Gasteiger partial charge in [-0.2, -0.15) is 0 Å². The maximum Gasteiger partial charge on any atom is 0.182 e. The van der Waals surface area contributed by atoms with Gasteiger partial charge >= 0.3 is 0 Å². The molecule has 2 N–H and O–H groups in total. The molecule has 1 aliphatic rings. The number of nitrogens with zero attached hydrogens (tertiary/aromatic N) is 4. The van der Waals surface area contributed by atoms with Crippen molar-refractivity contribution in [1.29, 1.82) is 0 Å². The zero-order chi connectivity index (χ0) is 14.1. The Bertz CT molecular complexity index is 605. The minimum absolute atomic E-state index is 0.592. The second-order valence-corrected chi connectivity index (χ2v) is 5.46. The predicted octanol–water partition coefficient (Wildman–Crippen LogP) is 1.98. The molecule has 1 aliphatic carbocycles. The highest BCUT2D eigenvalue weighted by molar-refractivity contribution is 5.66. The SMILES string of the molecule is COc1ccc(-c2nnnn2CC(C)C2CC2)cc1N. The Labute approximate surface area is 117 Å². The average molecular weight is 273 g/mol. The summed E-state index contributed by atoms with van der Waals surface area (Å²) in [6.45, 7) is 3.10. The van der Waals surface area contributed by atoms with Gasteiger partial charge in [-0.25, -0.2) is 4.68 Å². The number of benzene rings is 1. The highest BCUT2D eigenvalue weighted by atomic mass is 16.5. The summed E-state index contributed by atoms with van der Waals surface area (Å²) in [7, 11) is 1.60. The number of tetrazole rings is 1. The Balaban J connectivity index is 1.86. The van der Waals surface area contributed by atoms with E-state index < -0.39 is 0 Å². The number of hydrogen-bond donors (Lipinski definition) is 1. The molecular weight excluding hydrogens is 254 g/mol. The predicted molar refractivity (Wildman–Crippen MR) is 76.1 cm³/mol. The van der Waals surface area contributed by atoms with E-state index in [0.717, 1.165) is 23.9 Å². The van der Waals surface area contributed by atoms with Crippen molar-refractivity contribution in [2.75, 3.05) is 12.8 Å². The normalized spacial score (nSPS) is 16.1. The molecule has 1 saturated carbocycles. The topological polar surface area (TPSA) is 78.9 Å². The molecule has 20 heavy (non-hydrogen) atoms. The van der Waals surface area contributed by atoms with Crippen molar-refractivity contribution < 1.29 is 4.74 Å². The van der Waals surface area contributed by atoms with Crippen LogP contribution in [0.1, 0.15) is 19.8 Å². The van der Waals surface area contributed by atoms with Crippen LogP contribution in [0.25, 0.3) is 11.4 Å². The lowest BCUT2D eigenvalue weighted by Crippen LogP contribution is -2.12. The monoisotopic (exact) mass is 273 g/mol. The first-order chi connectivity index (χ1) is 9.69. The molecule has 1 unspecified atom stereocenters. The molecule has 1 aromatic heterocycles. The van der Waals surface area contributed by atoms with Gasteiger partial charge in [0, 0.05) is 12.1 Å². The third kappa shape index (κ3) is 2.45. The number of rotatable bonds is 5. The fourth-order valence-electron chi connectivity index (χ4n) is 2.49. The second kappa shape index (κ2) is 5.11. The minimum Gasteiger partial charge on any atom is -0.495 e. The van der Waals surface area contributed by atoms with Crippen LogP contribution in [0.3, 0.4) is 0 Å². The zero-order valence-corrected chi connectivity index (χ0v) is 11.8. The Morgan fingerprint density at radius 2 is 2.25 bits per heavy atom. The van der Waals surface area contributed by atoms with Crippen molar-refractivity contribution in [3.05, 3.63) is 18.2 Å². The van der Waals surface area contributed by atoms with E-state index in [9.17, 15) is 0 Å². The highest BCUT2D eigenvalue weighted by Gasteiger charge is 2.29. The zero-order valence-electron chi connectivity index (χ0n) is 11.8. The Morgan fingerprint density at radius 3 is 2.90 bits per heavy atom. The number of methoxy groups -OCH3 is 1. The summed E-state index contributed by atoms with van der Waals surface area (Å²) >= 11 is 0.